The van der Waals surface area contributed by atoms with E-state index in [9.17, 15) is 19.0 Å². The van der Waals surface area contributed by atoms with Crippen molar-refractivity contribution in [3.8, 4) is 0 Å². The van der Waals surface area contributed by atoms with Crippen LogP contribution in [0.3, 0.4) is 0 Å². The van der Waals surface area contributed by atoms with Crippen molar-refractivity contribution in [1.82, 2.24) is 0 Å². The third-order valence-electron chi connectivity index (χ3n) is 12.8. The fraction of sp³-hybridized carbons (Fsp3) is 0.672. The van der Waals surface area contributed by atoms with Crippen LogP contribution in [0.1, 0.15) is 258 Å². The molecule has 9 nitrogen and oxygen atoms in total. The molecule has 0 saturated carbocycles. The van der Waals surface area contributed by atoms with Gasteiger partial charge in [0, 0.05) is 19.4 Å². The number of allylic oxidation sites excluding steroid dienone is 20. The Bertz CT molecular complexity index is 1670. The van der Waals surface area contributed by atoms with Gasteiger partial charge in [0.15, 0.2) is 6.10 Å². The largest absolute Gasteiger partial charge is 0.472 e. The van der Waals surface area contributed by atoms with Crippen molar-refractivity contribution in [2.75, 3.05) is 26.4 Å². The SMILES string of the molecule is CC/C=C\C/C=C\C/C=C\C/C=C\C/C=C\C/C=C\C/C=C\C/C=C\C/C=C\CCCCCCCC(=O)OC(COC(=O)CCCCCCCCCCCCC/C=C\CCCCCCCCCC)COP(=O)(O)OCCN. The molecule has 0 aromatic carbocycles. The summed E-state index contributed by atoms with van der Waals surface area (Å²) in [6, 6.07) is 0. The Hall–Kier alpha value is -3.59. The molecule has 0 rings (SSSR count). The lowest BCUT2D eigenvalue weighted by atomic mass is 10.0. The van der Waals surface area contributed by atoms with Crippen molar-refractivity contribution in [1.29, 1.82) is 0 Å². The Balaban J connectivity index is 4.05. The van der Waals surface area contributed by atoms with Crippen LogP contribution in [-0.2, 0) is 32.7 Å². The van der Waals surface area contributed by atoms with E-state index in [1.807, 2.05) is 0 Å². The molecule has 0 aromatic rings. The van der Waals surface area contributed by atoms with Gasteiger partial charge >= 0.3 is 19.8 Å². The first-order valence-electron chi connectivity index (χ1n) is 31.0. The molecule has 0 bridgehead atoms. The van der Waals surface area contributed by atoms with Gasteiger partial charge in [-0.1, -0.05) is 257 Å². The van der Waals surface area contributed by atoms with Gasteiger partial charge in [0.25, 0.3) is 0 Å². The van der Waals surface area contributed by atoms with Crippen molar-refractivity contribution in [3.63, 3.8) is 0 Å². The summed E-state index contributed by atoms with van der Waals surface area (Å²) >= 11 is 0. The van der Waals surface area contributed by atoms with E-state index in [4.69, 9.17) is 24.3 Å². The van der Waals surface area contributed by atoms with Gasteiger partial charge in [0.05, 0.1) is 13.2 Å². The Labute approximate surface area is 472 Å². The van der Waals surface area contributed by atoms with E-state index in [0.29, 0.717) is 6.42 Å². The van der Waals surface area contributed by atoms with E-state index in [-0.39, 0.29) is 38.6 Å². The van der Waals surface area contributed by atoms with Crippen LogP contribution in [-0.4, -0.2) is 49.3 Å². The summed E-state index contributed by atoms with van der Waals surface area (Å²) in [4.78, 5) is 35.2. The number of carbonyl (C=O) groups excluding carboxylic acids is 2. The quantitative estimate of drug-likeness (QED) is 0.0264. The summed E-state index contributed by atoms with van der Waals surface area (Å²) < 4.78 is 33.1. The zero-order valence-corrected chi connectivity index (χ0v) is 50.0. The maximum atomic E-state index is 12.7. The zero-order valence-electron chi connectivity index (χ0n) is 49.2. The second-order valence-electron chi connectivity index (χ2n) is 20.2. The Morgan fingerprint density at radius 3 is 1.08 bits per heavy atom. The number of ether oxygens (including phenoxy) is 2. The lowest BCUT2D eigenvalue weighted by molar-refractivity contribution is -0.161. The summed E-state index contributed by atoms with van der Waals surface area (Å²) in [5, 5.41) is 0. The van der Waals surface area contributed by atoms with Crippen molar-refractivity contribution in [2.45, 2.75) is 264 Å². The number of rotatable bonds is 57. The highest BCUT2D eigenvalue weighted by atomic mass is 31.2. The van der Waals surface area contributed by atoms with Crippen LogP contribution >= 0.6 is 7.82 Å². The summed E-state index contributed by atoms with van der Waals surface area (Å²) in [5.41, 5.74) is 5.39. The highest BCUT2D eigenvalue weighted by molar-refractivity contribution is 7.47. The summed E-state index contributed by atoms with van der Waals surface area (Å²) in [5.74, 6) is -0.853. The third-order valence-corrected chi connectivity index (χ3v) is 13.8. The number of esters is 2. The van der Waals surface area contributed by atoms with E-state index < -0.39 is 26.5 Å². The van der Waals surface area contributed by atoms with E-state index in [1.54, 1.807) is 0 Å². The number of nitrogens with two attached hydrogens (primary N) is 1. The molecule has 0 aliphatic carbocycles. The molecule has 0 aliphatic heterocycles. The molecule has 440 valence electrons. The monoisotopic (exact) mass is 1090 g/mol. The molecule has 2 atom stereocenters. The fourth-order valence-corrected chi connectivity index (χ4v) is 9.04. The van der Waals surface area contributed by atoms with Gasteiger partial charge in [-0.05, 0) is 109 Å². The van der Waals surface area contributed by atoms with Crippen molar-refractivity contribution >= 4 is 19.8 Å². The minimum Gasteiger partial charge on any atom is -0.462 e. The highest BCUT2D eigenvalue weighted by Crippen LogP contribution is 2.43. The first kappa shape index (κ1) is 73.4. The number of hydrogen-bond acceptors (Lipinski definition) is 8. The van der Waals surface area contributed by atoms with Crippen molar-refractivity contribution in [2.24, 2.45) is 5.73 Å². The number of carbonyl (C=O) groups is 2. The predicted octanol–water partition coefficient (Wildman–Crippen LogP) is 20.0. The molecular formula is C67H114NO8P. The van der Waals surface area contributed by atoms with E-state index in [0.717, 1.165) is 109 Å². The maximum absolute atomic E-state index is 12.7. The normalized spacial score (nSPS) is 13.9. The van der Waals surface area contributed by atoms with E-state index >= 15 is 0 Å². The first-order valence-corrected chi connectivity index (χ1v) is 32.5. The predicted molar refractivity (Wildman–Crippen MR) is 330 cm³/mol. The lowest BCUT2D eigenvalue weighted by Gasteiger charge is -2.19. The third kappa shape index (κ3) is 61.5. The second kappa shape index (κ2) is 61.6. The van der Waals surface area contributed by atoms with Gasteiger partial charge < -0.3 is 20.1 Å². The average Bonchev–Trinajstić information content (AvgIpc) is 3.42. The van der Waals surface area contributed by atoms with Crippen molar-refractivity contribution in [3.05, 3.63) is 122 Å². The molecule has 2 unspecified atom stereocenters. The van der Waals surface area contributed by atoms with Gasteiger partial charge in [-0.15, -0.1) is 0 Å². The topological polar surface area (TPSA) is 134 Å². The Morgan fingerprint density at radius 2 is 0.714 bits per heavy atom. The maximum Gasteiger partial charge on any atom is 0.472 e. The summed E-state index contributed by atoms with van der Waals surface area (Å²) in [7, 11) is -4.40. The number of unbranched alkanes of at least 4 members (excludes halogenated alkanes) is 24. The van der Waals surface area contributed by atoms with E-state index in [2.05, 4.69) is 135 Å². The molecule has 0 spiro atoms. The molecular weight excluding hydrogens is 978 g/mol. The molecule has 0 radical (unpaired) electrons. The minimum absolute atomic E-state index is 0.0441. The molecule has 0 aliphatic rings. The molecule has 0 fully saturated rings. The second-order valence-corrected chi connectivity index (χ2v) is 21.6. The van der Waals surface area contributed by atoms with Crippen LogP contribution in [0.25, 0.3) is 0 Å². The molecule has 0 heterocycles. The molecule has 0 aromatic heterocycles. The van der Waals surface area contributed by atoms with Gasteiger partial charge in [0.1, 0.15) is 6.61 Å². The van der Waals surface area contributed by atoms with Crippen LogP contribution in [0.2, 0.25) is 0 Å². The van der Waals surface area contributed by atoms with Crippen LogP contribution in [0, 0.1) is 0 Å². The highest BCUT2D eigenvalue weighted by Gasteiger charge is 2.26. The standard InChI is InChI=1S/C67H114NO8P/c1-3-5-7-9-11-13-15-17-19-21-23-25-27-28-29-30-31-32-33-34-35-36-38-40-42-44-46-48-50-52-54-56-58-60-67(70)76-65(64-75-77(71,72)74-62-61-68)63-73-66(69)59-57-55-53-51-49-47-45-43-41-39-37-26-24-22-20-18-16-14-12-10-8-6-4-2/h5,7,11,13,17,19,22-25,28-29,31-32,34-35,38,40,44,46,65H,3-4,6,8-10,12,14-16,18,20-21,26-27,30,33,36-37,39,41-43,45,47-64,68H2,1-2H3,(H,71,72)/b7-5-,13-11-,19-17-,24-22-,25-23-,29-28-,32-31-,35-34-,40-38-,46-44-. The van der Waals surface area contributed by atoms with Gasteiger partial charge in [0.2, 0.25) is 0 Å². The van der Waals surface area contributed by atoms with Gasteiger partial charge in [-0.25, -0.2) is 4.57 Å². The van der Waals surface area contributed by atoms with Crippen LogP contribution in [0.15, 0.2) is 122 Å². The van der Waals surface area contributed by atoms with Gasteiger partial charge in [-0.3, -0.25) is 18.6 Å². The lowest BCUT2D eigenvalue weighted by Crippen LogP contribution is -2.29. The van der Waals surface area contributed by atoms with Crippen LogP contribution in [0.4, 0.5) is 0 Å². The van der Waals surface area contributed by atoms with Crippen molar-refractivity contribution < 1.29 is 37.6 Å². The molecule has 0 saturated heterocycles. The average molecular weight is 1090 g/mol. The minimum atomic E-state index is -4.40. The summed E-state index contributed by atoms with van der Waals surface area (Å²) in [6.07, 6.45) is 85.4. The molecule has 77 heavy (non-hydrogen) atoms. The zero-order chi connectivity index (χ0) is 55.9. The molecule has 10 heteroatoms. The number of phosphoric acid groups is 1. The Kier molecular flexibility index (Phi) is 58.7. The van der Waals surface area contributed by atoms with Crippen LogP contribution < -0.4 is 5.73 Å². The Morgan fingerprint density at radius 1 is 0.403 bits per heavy atom. The number of phosphoric ester groups is 1. The van der Waals surface area contributed by atoms with Crippen LogP contribution in [0.5, 0.6) is 0 Å². The smallest absolute Gasteiger partial charge is 0.462 e. The van der Waals surface area contributed by atoms with E-state index in [1.165, 1.54) is 116 Å². The van der Waals surface area contributed by atoms with Gasteiger partial charge in [-0.2, -0.15) is 0 Å². The number of hydrogen-bond donors (Lipinski definition) is 2. The first-order chi connectivity index (χ1) is 37.8. The molecule has 0 amide bonds. The summed E-state index contributed by atoms with van der Waals surface area (Å²) in [6.45, 7) is 3.61. The fourth-order valence-electron chi connectivity index (χ4n) is 8.27. The molecule has 3 N–H and O–H groups in total.